The SMILES string of the molecule is COc1ccc(-c2cn3c(CC(=O)Nc4cc(Cl)ccc4C)csc3n2)cc1OC. The molecule has 2 aromatic heterocycles. The predicted molar refractivity (Wildman–Crippen MR) is 120 cm³/mol. The number of imidazole rings is 1. The number of anilines is 1. The van der Waals surface area contributed by atoms with Gasteiger partial charge in [0.2, 0.25) is 5.91 Å². The minimum absolute atomic E-state index is 0.110. The average Bonchev–Trinajstić information content (AvgIpc) is 3.32. The maximum atomic E-state index is 12.6. The first-order chi connectivity index (χ1) is 14.5. The summed E-state index contributed by atoms with van der Waals surface area (Å²) in [5.41, 5.74) is 4.26. The Morgan fingerprint density at radius 3 is 2.73 bits per heavy atom. The van der Waals surface area contributed by atoms with Crippen molar-refractivity contribution in [1.82, 2.24) is 9.38 Å². The second-order valence-electron chi connectivity index (χ2n) is 6.76. The van der Waals surface area contributed by atoms with Crippen LogP contribution in [0.25, 0.3) is 16.2 Å². The molecule has 0 unspecified atom stereocenters. The monoisotopic (exact) mass is 441 g/mol. The van der Waals surface area contributed by atoms with Crippen LogP contribution in [-0.2, 0) is 11.2 Å². The fourth-order valence-corrected chi connectivity index (χ4v) is 4.22. The van der Waals surface area contributed by atoms with E-state index in [1.165, 1.54) is 11.3 Å². The van der Waals surface area contributed by atoms with Gasteiger partial charge < -0.3 is 14.8 Å². The van der Waals surface area contributed by atoms with Crippen molar-refractivity contribution in [3.63, 3.8) is 0 Å². The summed E-state index contributed by atoms with van der Waals surface area (Å²) in [7, 11) is 3.21. The molecule has 0 saturated heterocycles. The van der Waals surface area contributed by atoms with Gasteiger partial charge in [-0.25, -0.2) is 4.98 Å². The number of hydrogen-bond acceptors (Lipinski definition) is 5. The lowest BCUT2D eigenvalue weighted by Gasteiger charge is -2.09. The van der Waals surface area contributed by atoms with Gasteiger partial charge in [-0.05, 0) is 42.8 Å². The van der Waals surface area contributed by atoms with Crippen molar-refractivity contribution in [2.24, 2.45) is 0 Å². The molecule has 2 heterocycles. The van der Waals surface area contributed by atoms with E-state index in [9.17, 15) is 4.79 Å². The van der Waals surface area contributed by atoms with Crippen molar-refractivity contribution < 1.29 is 14.3 Å². The number of carbonyl (C=O) groups is 1. The number of aromatic nitrogens is 2. The minimum atomic E-state index is -0.110. The number of carbonyl (C=O) groups excluding carboxylic acids is 1. The molecule has 2 aromatic carbocycles. The van der Waals surface area contributed by atoms with Crippen LogP contribution in [0, 0.1) is 6.92 Å². The van der Waals surface area contributed by atoms with Gasteiger partial charge in [-0.1, -0.05) is 17.7 Å². The van der Waals surface area contributed by atoms with Crippen molar-refractivity contribution in [1.29, 1.82) is 0 Å². The number of thiazole rings is 1. The Balaban J connectivity index is 1.57. The number of ether oxygens (including phenoxy) is 2. The first-order valence-corrected chi connectivity index (χ1v) is 10.5. The van der Waals surface area contributed by atoms with E-state index >= 15 is 0 Å². The molecular formula is C22H20ClN3O3S. The van der Waals surface area contributed by atoms with Crippen LogP contribution in [0.3, 0.4) is 0 Å². The molecular weight excluding hydrogens is 422 g/mol. The fourth-order valence-electron chi connectivity index (χ4n) is 3.18. The lowest BCUT2D eigenvalue weighted by Crippen LogP contribution is -2.16. The number of aryl methyl sites for hydroxylation is 1. The summed E-state index contributed by atoms with van der Waals surface area (Å²) in [5.74, 6) is 1.19. The highest BCUT2D eigenvalue weighted by Crippen LogP contribution is 2.33. The first-order valence-electron chi connectivity index (χ1n) is 9.22. The third-order valence-electron chi connectivity index (χ3n) is 4.78. The number of nitrogens with zero attached hydrogens (tertiary/aromatic N) is 2. The van der Waals surface area contributed by atoms with Crippen LogP contribution in [0.5, 0.6) is 11.5 Å². The molecule has 0 aliphatic carbocycles. The largest absolute Gasteiger partial charge is 0.493 e. The quantitative estimate of drug-likeness (QED) is 0.445. The number of hydrogen-bond donors (Lipinski definition) is 1. The predicted octanol–water partition coefficient (Wildman–Crippen LogP) is 5.22. The molecule has 0 bridgehead atoms. The zero-order chi connectivity index (χ0) is 21.3. The molecule has 0 atom stereocenters. The van der Waals surface area contributed by atoms with Crippen LogP contribution in [0.2, 0.25) is 5.02 Å². The molecule has 154 valence electrons. The summed E-state index contributed by atoms with van der Waals surface area (Å²) < 4.78 is 12.6. The summed E-state index contributed by atoms with van der Waals surface area (Å²) in [6.07, 6.45) is 2.16. The second-order valence-corrected chi connectivity index (χ2v) is 8.03. The molecule has 1 N–H and O–H groups in total. The fraction of sp³-hybridized carbons (Fsp3) is 0.182. The molecule has 1 amide bonds. The minimum Gasteiger partial charge on any atom is -0.493 e. The number of fused-ring (bicyclic) bond motifs is 1. The lowest BCUT2D eigenvalue weighted by atomic mass is 10.1. The summed E-state index contributed by atoms with van der Waals surface area (Å²) in [6.45, 7) is 1.93. The Bertz CT molecular complexity index is 1230. The number of rotatable bonds is 6. The number of amides is 1. The molecule has 6 nitrogen and oxygen atoms in total. The van der Waals surface area contributed by atoms with Crippen LogP contribution in [0.15, 0.2) is 48.0 Å². The number of nitrogens with one attached hydrogen (secondary N) is 1. The number of halogens is 1. The van der Waals surface area contributed by atoms with Crippen LogP contribution < -0.4 is 14.8 Å². The second kappa shape index (κ2) is 8.38. The van der Waals surface area contributed by atoms with Crippen molar-refractivity contribution in [3.05, 3.63) is 64.3 Å². The number of benzene rings is 2. The number of methoxy groups -OCH3 is 2. The Labute approximate surface area is 183 Å². The first kappa shape index (κ1) is 20.3. The Kier molecular flexibility index (Phi) is 5.65. The van der Waals surface area contributed by atoms with Crippen LogP contribution >= 0.6 is 22.9 Å². The summed E-state index contributed by atoms with van der Waals surface area (Å²) >= 11 is 7.54. The van der Waals surface area contributed by atoms with E-state index in [2.05, 4.69) is 10.3 Å². The van der Waals surface area contributed by atoms with Crippen molar-refractivity contribution in [2.45, 2.75) is 13.3 Å². The molecule has 30 heavy (non-hydrogen) atoms. The van der Waals surface area contributed by atoms with Gasteiger partial charge in [0.05, 0.1) is 26.3 Å². The van der Waals surface area contributed by atoms with Crippen molar-refractivity contribution in [3.8, 4) is 22.8 Å². The third-order valence-corrected chi connectivity index (χ3v) is 5.90. The average molecular weight is 442 g/mol. The van der Waals surface area contributed by atoms with Crippen LogP contribution in [0.4, 0.5) is 5.69 Å². The molecule has 0 aliphatic heterocycles. The van der Waals surface area contributed by atoms with E-state index in [-0.39, 0.29) is 12.3 Å². The van der Waals surface area contributed by atoms with E-state index < -0.39 is 0 Å². The van der Waals surface area contributed by atoms with Crippen LogP contribution in [0.1, 0.15) is 11.3 Å². The van der Waals surface area contributed by atoms with E-state index in [1.54, 1.807) is 26.4 Å². The Morgan fingerprint density at radius 2 is 1.97 bits per heavy atom. The van der Waals surface area contributed by atoms with Gasteiger partial charge in [0, 0.05) is 33.5 Å². The zero-order valence-corrected chi connectivity index (χ0v) is 18.3. The van der Waals surface area contributed by atoms with Gasteiger partial charge in [0.15, 0.2) is 16.5 Å². The van der Waals surface area contributed by atoms with Crippen molar-refractivity contribution >= 4 is 39.5 Å². The highest BCUT2D eigenvalue weighted by molar-refractivity contribution is 7.15. The molecule has 4 rings (SSSR count). The van der Waals surface area contributed by atoms with Crippen LogP contribution in [-0.4, -0.2) is 29.5 Å². The third kappa shape index (κ3) is 3.99. The highest BCUT2D eigenvalue weighted by Gasteiger charge is 2.15. The topological polar surface area (TPSA) is 64.9 Å². The summed E-state index contributed by atoms with van der Waals surface area (Å²) in [5, 5.41) is 5.47. The van der Waals surface area contributed by atoms with Gasteiger partial charge in [-0.2, -0.15) is 0 Å². The van der Waals surface area contributed by atoms with E-state index in [1.807, 2.05) is 47.2 Å². The molecule has 0 aliphatic rings. The van der Waals surface area contributed by atoms with Gasteiger partial charge >= 0.3 is 0 Å². The normalized spacial score (nSPS) is 10.9. The summed E-state index contributed by atoms with van der Waals surface area (Å²) in [4.78, 5) is 18.1. The molecule has 0 radical (unpaired) electrons. The zero-order valence-electron chi connectivity index (χ0n) is 16.7. The van der Waals surface area contributed by atoms with E-state index in [0.717, 1.165) is 33.2 Å². The molecule has 4 aromatic rings. The molecule has 0 spiro atoms. The van der Waals surface area contributed by atoms with Crippen molar-refractivity contribution in [2.75, 3.05) is 19.5 Å². The maximum Gasteiger partial charge on any atom is 0.230 e. The maximum absolute atomic E-state index is 12.6. The van der Waals surface area contributed by atoms with E-state index in [0.29, 0.717) is 16.5 Å². The Morgan fingerprint density at radius 1 is 1.17 bits per heavy atom. The smallest absolute Gasteiger partial charge is 0.230 e. The standard InChI is InChI=1S/C22H20ClN3O3S/c1-13-4-6-15(23)9-17(13)24-21(27)10-16-12-30-22-25-18(11-26(16)22)14-5-7-19(28-2)20(8-14)29-3/h4-9,11-12H,10H2,1-3H3,(H,24,27). The molecule has 8 heteroatoms. The lowest BCUT2D eigenvalue weighted by molar-refractivity contribution is -0.115. The van der Waals surface area contributed by atoms with E-state index in [4.69, 9.17) is 21.1 Å². The summed E-state index contributed by atoms with van der Waals surface area (Å²) in [6, 6.07) is 11.1. The van der Waals surface area contributed by atoms with Gasteiger partial charge in [0.1, 0.15) is 0 Å². The van der Waals surface area contributed by atoms with Gasteiger partial charge in [0.25, 0.3) is 0 Å². The highest BCUT2D eigenvalue weighted by atomic mass is 35.5. The molecule has 0 saturated carbocycles. The van der Waals surface area contributed by atoms with Gasteiger partial charge in [-0.15, -0.1) is 11.3 Å². The Hall–Kier alpha value is -3.03. The molecule has 0 fully saturated rings. The van der Waals surface area contributed by atoms with Gasteiger partial charge in [-0.3, -0.25) is 9.20 Å².